The largest absolute Gasteiger partial charge is 0.333 e. The van der Waals surface area contributed by atoms with Crippen LogP contribution in [-0.2, 0) is 17.9 Å². The molecule has 2 aromatic heterocycles. The molecule has 2 fully saturated rings. The number of piperidine rings is 1. The van der Waals surface area contributed by atoms with Gasteiger partial charge in [0.1, 0.15) is 0 Å². The van der Waals surface area contributed by atoms with E-state index in [2.05, 4.69) is 25.8 Å². The van der Waals surface area contributed by atoms with E-state index < -0.39 is 0 Å². The Morgan fingerprint density at radius 2 is 1.72 bits per heavy atom. The van der Waals surface area contributed by atoms with Crippen molar-refractivity contribution in [1.29, 1.82) is 0 Å². The molecule has 0 saturated carbocycles. The number of hydrogen-bond acceptors (Lipinski definition) is 4. The molecule has 2 aliphatic rings. The van der Waals surface area contributed by atoms with Crippen molar-refractivity contribution in [3.05, 3.63) is 60.2 Å². The van der Waals surface area contributed by atoms with E-state index in [0.29, 0.717) is 18.9 Å². The zero-order chi connectivity index (χ0) is 17.1. The summed E-state index contributed by atoms with van der Waals surface area (Å²) < 4.78 is 0. The molecule has 1 amide bonds. The number of nitrogens with zero attached hydrogens (tertiary/aromatic N) is 4. The van der Waals surface area contributed by atoms with Crippen molar-refractivity contribution in [2.24, 2.45) is 0 Å². The summed E-state index contributed by atoms with van der Waals surface area (Å²) >= 11 is 0. The second-order valence-corrected chi connectivity index (χ2v) is 7.20. The molecule has 4 rings (SSSR count). The second kappa shape index (κ2) is 6.92. The lowest BCUT2D eigenvalue weighted by Crippen LogP contribution is -2.52. The van der Waals surface area contributed by atoms with Crippen LogP contribution in [0.1, 0.15) is 36.8 Å². The molecule has 4 heterocycles. The van der Waals surface area contributed by atoms with Crippen LogP contribution in [0.5, 0.6) is 0 Å². The van der Waals surface area contributed by atoms with E-state index >= 15 is 0 Å². The third kappa shape index (κ3) is 3.42. The topological polar surface area (TPSA) is 49.3 Å². The summed E-state index contributed by atoms with van der Waals surface area (Å²) in [5, 5.41) is 0. The van der Waals surface area contributed by atoms with Gasteiger partial charge in [0.05, 0.1) is 0 Å². The fraction of sp³-hybridized carbons (Fsp3) is 0.450. The first-order valence-corrected chi connectivity index (χ1v) is 9.06. The normalized spacial score (nSPS) is 20.3. The minimum absolute atomic E-state index is 0.0474. The van der Waals surface area contributed by atoms with Gasteiger partial charge < -0.3 is 4.90 Å². The van der Waals surface area contributed by atoms with E-state index in [1.54, 1.807) is 12.4 Å². The second-order valence-electron chi connectivity index (χ2n) is 7.20. The fourth-order valence-corrected chi connectivity index (χ4v) is 4.20. The van der Waals surface area contributed by atoms with Gasteiger partial charge in [-0.3, -0.25) is 19.7 Å². The molecular weight excluding hydrogens is 312 g/mol. The number of rotatable bonds is 4. The van der Waals surface area contributed by atoms with Crippen molar-refractivity contribution in [2.45, 2.75) is 44.3 Å². The Kier molecular flexibility index (Phi) is 4.49. The molecule has 2 saturated heterocycles. The maximum atomic E-state index is 12.5. The summed E-state index contributed by atoms with van der Waals surface area (Å²) in [7, 11) is 0. The minimum Gasteiger partial charge on any atom is -0.333 e. The third-order valence-electron chi connectivity index (χ3n) is 5.68. The Labute approximate surface area is 148 Å². The van der Waals surface area contributed by atoms with Gasteiger partial charge in [-0.2, -0.15) is 0 Å². The minimum atomic E-state index is 0.0474. The molecule has 0 bridgehead atoms. The fourth-order valence-electron chi connectivity index (χ4n) is 4.20. The van der Waals surface area contributed by atoms with Crippen molar-refractivity contribution >= 4 is 5.91 Å². The van der Waals surface area contributed by atoms with E-state index in [0.717, 1.165) is 38.9 Å². The predicted molar refractivity (Wildman–Crippen MR) is 95.5 cm³/mol. The summed E-state index contributed by atoms with van der Waals surface area (Å²) in [5.74, 6) is 0.303. The zero-order valence-electron chi connectivity index (χ0n) is 14.5. The number of carbonyl (C=O) groups excluding carboxylic acids is 1. The van der Waals surface area contributed by atoms with Crippen LogP contribution in [0.25, 0.3) is 0 Å². The first-order chi connectivity index (χ1) is 12.3. The van der Waals surface area contributed by atoms with Crippen molar-refractivity contribution in [2.75, 3.05) is 13.1 Å². The van der Waals surface area contributed by atoms with Crippen molar-refractivity contribution < 1.29 is 4.79 Å². The average molecular weight is 336 g/mol. The van der Waals surface area contributed by atoms with Gasteiger partial charge >= 0.3 is 0 Å². The Hall–Kier alpha value is -2.27. The lowest BCUT2D eigenvalue weighted by atomic mass is 9.84. The molecule has 5 heteroatoms. The highest BCUT2D eigenvalue weighted by atomic mass is 16.2. The van der Waals surface area contributed by atoms with Gasteiger partial charge in [-0.05, 0) is 48.6 Å². The molecule has 25 heavy (non-hydrogen) atoms. The Balaban J connectivity index is 1.42. The molecule has 1 spiro atoms. The lowest BCUT2D eigenvalue weighted by molar-refractivity contribution is -0.133. The lowest BCUT2D eigenvalue weighted by Gasteiger charge is -2.45. The zero-order valence-corrected chi connectivity index (χ0v) is 14.5. The maximum Gasteiger partial charge on any atom is 0.223 e. The number of aromatic nitrogens is 2. The number of pyridine rings is 2. The van der Waals surface area contributed by atoms with Crippen molar-refractivity contribution in [3.8, 4) is 0 Å². The highest BCUT2D eigenvalue weighted by molar-refractivity contribution is 5.79. The molecule has 0 aromatic carbocycles. The molecule has 5 nitrogen and oxygen atoms in total. The standard InChI is InChI=1S/C20H24N4O/c25-19-3-6-20(24(19)16-17-4-10-21-11-5-17)7-12-23(13-8-20)15-18-2-1-9-22-14-18/h1-2,4-5,9-11,14H,3,6-8,12-13,15-16H2. The summed E-state index contributed by atoms with van der Waals surface area (Å²) in [6.45, 7) is 3.73. The summed E-state index contributed by atoms with van der Waals surface area (Å²) in [6, 6.07) is 8.15. The van der Waals surface area contributed by atoms with Gasteiger partial charge in [0.15, 0.2) is 0 Å². The molecule has 0 aliphatic carbocycles. The van der Waals surface area contributed by atoms with Crippen LogP contribution in [0, 0.1) is 0 Å². The van der Waals surface area contributed by atoms with Crippen LogP contribution in [0.15, 0.2) is 49.1 Å². The molecule has 0 unspecified atom stereocenters. The number of hydrogen-bond donors (Lipinski definition) is 0. The van der Waals surface area contributed by atoms with Gasteiger partial charge in [-0.1, -0.05) is 6.07 Å². The summed E-state index contributed by atoms with van der Waals surface area (Å²) in [4.78, 5) is 25.4. The van der Waals surface area contributed by atoms with Crippen LogP contribution in [-0.4, -0.2) is 44.3 Å². The van der Waals surface area contributed by atoms with Gasteiger partial charge in [0, 0.05) is 62.9 Å². The van der Waals surface area contributed by atoms with E-state index in [1.807, 2.05) is 30.6 Å². The Morgan fingerprint density at radius 3 is 2.44 bits per heavy atom. The molecule has 0 atom stereocenters. The van der Waals surface area contributed by atoms with Crippen LogP contribution in [0.4, 0.5) is 0 Å². The number of carbonyl (C=O) groups is 1. The van der Waals surface area contributed by atoms with Gasteiger partial charge in [0.25, 0.3) is 0 Å². The smallest absolute Gasteiger partial charge is 0.223 e. The molecular formula is C20H24N4O. The van der Waals surface area contributed by atoms with E-state index in [-0.39, 0.29) is 5.54 Å². The van der Waals surface area contributed by atoms with E-state index in [1.165, 1.54) is 11.1 Å². The number of likely N-dealkylation sites (tertiary alicyclic amines) is 2. The highest BCUT2D eigenvalue weighted by Gasteiger charge is 2.46. The van der Waals surface area contributed by atoms with Crippen molar-refractivity contribution in [3.63, 3.8) is 0 Å². The van der Waals surface area contributed by atoms with Crippen LogP contribution in [0.2, 0.25) is 0 Å². The maximum absolute atomic E-state index is 12.5. The predicted octanol–water partition coefficient (Wildman–Crippen LogP) is 2.63. The van der Waals surface area contributed by atoms with E-state index in [4.69, 9.17) is 0 Å². The van der Waals surface area contributed by atoms with Crippen molar-refractivity contribution in [1.82, 2.24) is 19.8 Å². The van der Waals surface area contributed by atoms with Gasteiger partial charge in [-0.15, -0.1) is 0 Å². The molecule has 2 aliphatic heterocycles. The summed E-state index contributed by atoms with van der Waals surface area (Å²) in [5.41, 5.74) is 2.48. The molecule has 0 N–H and O–H groups in total. The Bertz CT molecular complexity index is 711. The molecule has 0 radical (unpaired) electrons. The first-order valence-electron chi connectivity index (χ1n) is 9.06. The van der Waals surface area contributed by atoms with Gasteiger partial charge in [0.2, 0.25) is 5.91 Å². The quantitative estimate of drug-likeness (QED) is 0.861. The molecule has 130 valence electrons. The summed E-state index contributed by atoms with van der Waals surface area (Å²) in [6.07, 6.45) is 11.2. The molecule has 2 aromatic rings. The SMILES string of the molecule is O=C1CCC2(CCN(Cc3cccnc3)CC2)N1Cc1ccncc1. The number of amides is 1. The van der Waals surface area contributed by atoms with Crippen LogP contribution in [0.3, 0.4) is 0 Å². The third-order valence-corrected chi connectivity index (χ3v) is 5.68. The average Bonchev–Trinajstić information content (AvgIpc) is 2.95. The van der Waals surface area contributed by atoms with E-state index in [9.17, 15) is 4.79 Å². The van der Waals surface area contributed by atoms with Gasteiger partial charge in [-0.25, -0.2) is 0 Å². The van der Waals surface area contributed by atoms with Crippen LogP contribution >= 0.6 is 0 Å². The Morgan fingerprint density at radius 1 is 0.920 bits per heavy atom. The van der Waals surface area contributed by atoms with Crippen LogP contribution < -0.4 is 0 Å². The highest BCUT2D eigenvalue weighted by Crippen LogP contribution is 2.40. The first kappa shape index (κ1) is 16.2. The monoisotopic (exact) mass is 336 g/mol.